The summed E-state index contributed by atoms with van der Waals surface area (Å²) in [6.45, 7) is 7.67. The van der Waals surface area contributed by atoms with Crippen LogP contribution in [-0.4, -0.2) is 32.3 Å². The summed E-state index contributed by atoms with van der Waals surface area (Å²) < 4.78 is 10.6. The van der Waals surface area contributed by atoms with Crippen molar-refractivity contribution in [2.24, 2.45) is 5.92 Å². The normalized spacial score (nSPS) is 10.8. The van der Waals surface area contributed by atoms with Crippen molar-refractivity contribution >= 4 is 17.3 Å². The van der Waals surface area contributed by atoms with Crippen LogP contribution in [0.3, 0.4) is 0 Å². The summed E-state index contributed by atoms with van der Waals surface area (Å²) >= 11 is 0. The third kappa shape index (κ3) is 6.04. The van der Waals surface area contributed by atoms with E-state index in [1.807, 2.05) is 19.1 Å². The van der Waals surface area contributed by atoms with Crippen molar-refractivity contribution in [3.05, 3.63) is 23.8 Å². The maximum Gasteiger partial charge on any atom is 0.250 e. The Morgan fingerprint density at radius 3 is 2.65 bits per heavy atom. The molecular weight excluding hydrogens is 256 g/mol. The molecule has 0 unspecified atom stereocenters. The quantitative estimate of drug-likeness (QED) is 0.565. The highest BCUT2D eigenvalue weighted by atomic mass is 16.5. The van der Waals surface area contributed by atoms with Crippen molar-refractivity contribution in [3.63, 3.8) is 0 Å². The van der Waals surface area contributed by atoms with Crippen LogP contribution in [0.5, 0.6) is 0 Å². The largest absolute Gasteiger partial charge is 0.397 e. The van der Waals surface area contributed by atoms with Crippen molar-refractivity contribution in [1.29, 1.82) is 0 Å². The summed E-state index contributed by atoms with van der Waals surface area (Å²) in [6, 6.07) is 5.50. The number of aryl methyl sites for hydroxylation is 1. The van der Waals surface area contributed by atoms with Crippen molar-refractivity contribution in [2.45, 2.75) is 20.8 Å². The molecule has 3 N–H and O–H groups in total. The van der Waals surface area contributed by atoms with E-state index in [1.165, 1.54) is 0 Å². The number of para-hydroxylation sites is 1. The summed E-state index contributed by atoms with van der Waals surface area (Å²) in [5, 5.41) is 2.76. The predicted molar refractivity (Wildman–Crippen MR) is 80.7 cm³/mol. The fourth-order valence-electron chi connectivity index (χ4n) is 1.64. The molecule has 0 saturated heterocycles. The average molecular weight is 280 g/mol. The average Bonchev–Trinajstić information content (AvgIpc) is 2.38. The van der Waals surface area contributed by atoms with Crippen LogP contribution in [0.2, 0.25) is 0 Å². The standard InChI is InChI=1S/C15H24N2O3/c1-11(2)9-19-7-8-20-10-14(18)17-15-12(3)5-4-6-13(15)16/h4-6,11H,7-10,16H2,1-3H3,(H,17,18). The van der Waals surface area contributed by atoms with Crippen LogP contribution in [0, 0.1) is 12.8 Å². The molecule has 1 aromatic carbocycles. The van der Waals surface area contributed by atoms with Gasteiger partial charge in [-0.15, -0.1) is 0 Å². The first-order chi connectivity index (χ1) is 9.50. The molecule has 0 heterocycles. The first-order valence-electron chi connectivity index (χ1n) is 6.81. The number of hydrogen-bond acceptors (Lipinski definition) is 4. The molecule has 0 spiro atoms. The number of ether oxygens (including phenoxy) is 2. The van der Waals surface area contributed by atoms with Crippen LogP contribution in [-0.2, 0) is 14.3 Å². The maximum atomic E-state index is 11.7. The number of benzene rings is 1. The second-order valence-electron chi connectivity index (χ2n) is 5.11. The summed E-state index contributed by atoms with van der Waals surface area (Å²) in [5.74, 6) is 0.289. The molecule has 1 aromatic rings. The molecular formula is C15H24N2O3. The van der Waals surface area contributed by atoms with Gasteiger partial charge in [-0.25, -0.2) is 0 Å². The molecule has 112 valence electrons. The Hall–Kier alpha value is -1.59. The lowest BCUT2D eigenvalue weighted by Gasteiger charge is -2.11. The van der Waals surface area contributed by atoms with E-state index in [-0.39, 0.29) is 12.5 Å². The van der Waals surface area contributed by atoms with E-state index in [0.717, 1.165) is 5.56 Å². The van der Waals surface area contributed by atoms with Gasteiger partial charge < -0.3 is 20.5 Å². The van der Waals surface area contributed by atoms with Gasteiger partial charge in [0.05, 0.1) is 24.6 Å². The van der Waals surface area contributed by atoms with Crippen LogP contribution in [0.25, 0.3) is 0 Å². The van der Waals surface area contributed by atoms with Gasteiger partial charge in [0.2, 0.25) is 5.91 Å². The molecule has 0 radical (unpaired) electrons. The maximum absolute atomic E-state index is 11.7. The first-order valence-corrected chi connectivity index (χ1v) is 6.81. The topological polar surface area (TPSA) is 73.6 Å². The van der Waals surface area contributed by atoms with Gasteiger partial charge in [-0.3, -0.25) is 4.79 Å². The molecule has 0 saturated carbocycles. The zero-order valence-corrected chi connectivity index (χ0v) is 12.4. The van der Waals surface area contributed by atoms with Crippen molar-refractivity contribution in [3.8, 4) is 0 Å². The van der Waals surface area contributed by atoms with Crippen molar-refractivity contribution in [1.82, 2.24) is 0 Å². The monoisotopic (exact) mass is 280 g/mol. The highest BCUT2D eigenvalue weighted by Gasteiger charge is 2.07. The zero-order chi connectivity index (χ0) is 15.0. The highest BCUT2D eigenvalue weighted by molar-refractivity contribution is 5.95. The fourth-order valence-corrected chi connectivity index (χ4v) is 1.64. The summed E-state index contributed by atoms with van der Waals surface area (Å²) in [5.41, 5.74) is 7.95. The Morgan fingerprint density at radius 2 is 2.00 bits per heavy atom. The first kappa shape index (κ1) is 16.5. The van der Waals surface area contributed by atoms with Gasteiger partial charge in [-0.1, -0.05) is 26.0 Å². The van der Waals surface area contributed by atoms with Gasteiger partial charge in [0.25, 0.3) is 0 Å². The second-order valence-corrected chi connectivity index (χ2v) is 5.11. The van der Waals surface area contributed by atoms with E-state index < -0.39 is 0 Å². The van der Waals surface area contributed by atoms with Crippen molar-refractivity contribution < 1.29 is 14.3 Å². The van der Waals surface area contributed by atoms with Crippen LogP contribution in [0.15, 0.2) is 18.2 Å². The molecule has 0 atom stereocenters. The lowest BCUT2D eigenvalue weighted by molar-refractivity contribution is -0.121. The number of rotatable bonds is 8. The molecule has 0 aliphatic rings. The van der Waals surface area contributed by atoms with Gasteiger partial charge in [-0.2, -0.15) is 0 Å². The molecule has 0 fully saturated rings. The van der Waals surface area contributed by atoms with Crippen LogP contribution >= 0.6 is 0 Å². The minimum Gasteiger partial charge on any atom is -0.397 e. The number of carbonyl (C=O) groups is 1. The van der Waals surface area contributed by atoms with E-state index in [9.17, 15) is 4.79 Å². The SMILES string of the molecule is Cc1cccc(N)c1NC(=O)COCCOCC(C)C. The Balaban J connectivity index is 2.24. The third-order valence-electron chi connectivity index (χ3n) is 2.63. The summed E-state index contributed by atoms with van der Waals surface area (Å²) in [7, 11) is 0. The number of hydrogen-bond donors (Lipinski definition) is 2. The van der Waals surface area contributed by atoms with E-state index in [1.54, 1.807) is 6.07 Å². The van der Waals surface area contributed by atoms with Gasteiger partial charge in [0, 0.05) is 6.61 Å². The fraction of sp³-hybridized carbons (Fsp3) is 0.533. The Bertz CT molecular complexity index is 413. The molecule has 1 rings (SSSR count). The number of anilines is 2. The lowest BCUT2D eigenvalue weighted by atomic mass is 10.1. The van der Waals surface area contributed by atoms with E-state index in [4.69, 9.17) is 15.2 Å². The third-order valence-corrected chi connectivity index (χ3v) is 2.63. The predicted octanol–water partition coefficient (Wildman–Crippen LogP) is 2.20. The van der Waals surface area contributed by atoms with Gasteiger partial charge >= 0.3 is 0 Å². The van der Waals surface area contributed by atoms with Crippen molar-refractivity contribution in [2.75, 3.05) is 37.5 Å². The van der Waals surface area contributed by atoms with Crippen LogP contribution < -0.4 is 11.1 Å². The molecule has 0 bridgehead atoms. The molecule has 0 aliphatic heterocycles. The Morgan fingerprint density at radius 1 is 1.30 bits per heavy atom. The zero-order valence-electron chi connectivity index (χ0n) is 12.4. The minimum atomic E-state index is -0.213. The molecule has 5 heteroatoms. The number of nitrogens with one attached hydrogen (secondary N) is 1. The molecule has 5 nitrogen and oxygen atoms in total. The smallest absolute Gasteiger partial charge is 0.250 e. The minimum absolute atomic E-state index is 0.00118. The highest BCUT2D eigenvalue weighted by Crippen LogP contribution is 2.22. The Labute approximate surface area is 120 Å². The molecule has 20 heavy (non-hydrogen) atoms. The summed E-state index contributed by atoms with van der Waals surface area (Å²) in [6.07, 6.45) is 0. The van der Waals surface area contributed by atoms with Crippen LogP contribution in [0.4, 0.5) is 11.4 Å². The Kier molecular flexibility index (Phi) is 7.04. The molecule has 0 aromatic heterocycles. The van der Waals surface area contributed by atoms with Crippen LogP contribution in [0.1, 0.15) is 19.4 Å². The molecule has 1 amide bonds. The molecule has 0 aliphatic carbocycles. The number of nitrogens with two attached hydrogens (primary N) is 1. The number of amides is 1. The van der Waals surface area contributed by atoms with Gasteiger partial charge in [-0.05, 0) is 24.5 Å². The number of nitrogen functional groups attached to an aromatic ring is 1. The summed E-state index contributed by atoms with van der Waals surface area (Å²) in [4.78, 5) is 11.7. The van der Waals surface area contributed by atoms with E-state index in [2.05, 4.69) is 19.2 Å². The number of carbonyl (C=O) groups excluding carboxylic acids is 1. The van der Waals surface area contributed by atoms with E-state index >= 15 is 0 Å². The van der Waals surface area contributed by atoms with E-state index in [0.29, 0.717) is 37.1 Å². The second kappa shape index (κ2) is 8.55. The van der Waals surface area contributed by atoms with Gasteiger partial charge in [0.15, 0.2) is 0 Å². The lowest BCUT2D eigenvalue weighted by Crippen LogP contribution is -2.21. The van der Waals surface area contributed by atoms with Gasteiger partial charge in [0.1, 0.15) is 6.61 Å².